The van der Waals surface area contributed by atoms with Crippen LogP contribution in [0.2, 0.25) is 5.02 Å². The van der Waals surface area contributed by atoms with Crippen LogP contribution < -0.4 is 10.6 Å². The van der Waals surface area contributed by atoms with Crippen molar-refractivity contribution in [1.82, 2.24) is 20.4 Å². The number of aromatic nitrogens is 2. The topological polar surface area (TPSA) is 54.2 Å². The number of rotatable bonds is 6. The normalized spacial score (nSPS) is 11.0. The third kappa shape index (κ3) is 7.22. The van der Waals surface area contributed by atoms with E-state index >= 15 is 0 Å². The van der Waals surface area contributed by atoms with Gasteiger partial charge < -0.3 is 10.6 Å². The first-order valence-electron chi connectivity index (χ1n) is 7.41. The number of halogens is 2. The summed E-state index contributed by atoms with van der Waals surface area (Å²) in [5.41, 5.74) is 2.34. The lowest BCUT2D eigenvalue weighted by molar-refractivity contribution is 0.765. The van der Waals surface area contributed by atoms with Gasteiger partial charge in [-0.3, -0.25) is 4.68 Å². The largest absolute Gasteiger partial charge is 0.357 e. The van der Waals surface area contributed by atoms with Crippen LogP contribution in [-0.4, -0.2) is 28.8 Å². The molecule has 1 aromatic carbocycles. The fraction of sp³-hybridized carbons (Fsp3) is 0.375. The molecule has 0 amide bonds. The molecule has 0 aliphatic rings. The van der Waals surface area contributed by atoms with Crippen LogP contribution in [-0.2, 0) is 20.0 Å². The molecule has 7 heteroatoms. The molecule has 0 saturated carbocycles. The Bertz CT molecular complexity index is 609. The Hall–Kier alpha value is -1.28. The van der Waals surface area contributed by atoms with E-state index in [1.807, 2.05) is 48.4 Å². The second kappa shape index (κ2) is 10.5. The number of nitrogens with one attached hydrogen (secondary N) is 2. The highest BCUT2D eigenvalue weighted by atomic mass is 127. The zero-order valence-electron chi connectivity index (χ0n) is 13.4. The van der Waals surface area contributed by atoms with Crippen molar-refractivity contribution in [2.24, 2.45) is 12.0 Å². The van der Waals surface area contributed by atoms with E-state index in [1.165, 1.54) is 5.56 Å². The van der Waals surface area contributed by atoms with Gasteiger partial charge in [0.05, 0.1) is 12.7 Å². The van der Waals surface area contributed by atoms with Gasteiger partial charge in [-0.2, -0.15) is 5.10 Å². The zero-order valence-corrected chi connectivity index (χ0v) is 16.5. The molecule has 1 heterocycles. The highest BCUT2D eigenvalue weighted by Gasteiger charge is 2.00. The van der Waals surface area contributed by atoms with Crippen molar-refractivity contribution in [3.63, 3.8) is 0 Å². The molecule has 126 valence electrons. The van der Waals surface area contributed by atoms with Crippen LogP contribution in [0.3, 0.4) is 0 Å². The summed E-state index contributed by atoms with van der Waals surface area (Å²) < 4.78 is 1.81. The lowest BCUT2D eigenvalue weighted by atomic mass is 10.2. The van der Waals surface area contributed by atoms with Gasteiger partial charge in [0, 0.05) is 31.4 Å². The van der Waals surface area contributed by atoms with Gasteiger partial charge in [-0.15, -0.1) is 24.0 Å². The number of hydrogen-bond acceptors (Lipinski definition) is 2. The summed E-state index contributed by atoms with van der Waals surface area (Å²) >= 11 is 5.89. The molecule has 0 aliphatic carbocycles. The summed E-state index contributed by atoms with van der Waals surface area (Å²) in [5.74, 6) is 0.821. The van der Waals surface area contributed by atoms with Crippen molar-refractivity contribution in [3.8, 4) is 0 Å². The van der Waals surface area contributed by atoms with E-state index in [-0.39, 0.29) is 24.0 Å². The van der Waals surface area contributed by atoms with E-state index in [0.29, 0.717) is 6.54 Å². The molecule has 2 rings (SSSR count). The fourth-order valence-corrected chi connectivity index (χ4v) is 2.15. The Morgan fingerprint density at radius 2 is 1.96 bits per heavy atom. The number of guanidine groups is 1. The van der Waals surface area contributed by atoms with Gasteiger partial charge in [0.1, 0.15) is 0 Å². The monoisotopic (exact) mass is 447 g/mol. The summed E-state index contributed by atoms with van der Waals surface area (Å²) in [6, 6.07) is 7.75. The number of hydrogen-bond donors (Lipinski definition) is 2. The molecular formula is C16H23ClIN5. The molecule has 0 radical (unpaired) electrons. The quantitative estimate of drug-likeness (QED) is 0.407. The SMILES string of the molecule is CCNC(=NCc1ccc(Cl)cc1)NCCc1cnn(C)c1.I. The lowest BCUT2D eigenvalue weighted by Crippen LogP contribution is -2.38. The Labute approximate surface area is 159 Å². The van der Waals surface area contributed by atoms with Crippen LogP contribution in [0.25, 0.3) is 0 Å². The van der Waals surface area contributed by atoms with Gasteiger partial charge in [-0.25, -0.2) is 4.99 Å². The Balaban J connectivity index is 0.00000264. The minimum absolute atomic E-state index is 0. The fourth-order valence-electron chi connectivity index (χ4n) is 2.03. The predicted octanol–water partition coefficient (Wildman–Crippen LogP) is 2.99. The lowest BCUT2D eigenvalue weighted by Gasteiger charge is -2.10. The first kappa shape index (κ1) is 19.8. The summed E-state index contributed by atoms with van der Waals surface area (Å²) in [6.45, 7) is 4.33. The summed E-state index contributed by atoms with van der Waals surface area (Å²) in [7, 11) is 1.93. The second-order valence-electron chi connectivity index (χ2n) is 5.02. The number of benzene rings is 1. The molecule has 0 unspecified atom stereocenters. The van der Waals surface area contributed by atoms with Crippen LogP contribution in [0.1, 0.15) is 18.1 Å². The minimum atomic E-state index is 0. The van der Waals surface area contributed by atoms with Crippen LogP contribution in [0.5, 0.6) is 0 Å². The van der Waals surface area contributed by atoms with Crippen LogP contribution in [0.15, 0.2) is 41.7 Å². The van der Waals surface area contributed by atoms with Crippen LogP contribution in [0.4, 0.5) is 0 Å². The van der Waals surface area contributed by atoms with Crippen molar-refractivity contribution >= 4 is 41.5 Å². The maximum Gasteiger partial charge on any atom is 0.191 e. The summed E-state index contributed by atoms with van der Waals surface area (Å²) in [6.07, 6.45) is 4.83. The summed E-state index contributed by atoms with van der Waals surface area (Å²) in [5, 5.41) is 11.5. The zero-order chi connectivity index (χ0) is 15.8. The summed E-state index contributed by atoms with van der Waals surface area (Å²) in [4.78, 5) is 4.58. The Kier molecular flexibility index (Phi) is 9.01. The molecular weight excluding hydrogens is 425 g/mol. The van der Waals surface area contributed by atoms with Gasteiger partial charge >= 0.3 is 0 Å². The highest BCUT2D eigenvalue weighted by molar-refractivity contribution is 14.0. The molecule has 0 aliphatic heterocycles. The molecule has 0 saturated heterocycles. The van der Waals surface area contributed by atoms with E-state index in [0.717, 1.165) is 36.1 Å². The third-order valence-corrected chi connectivity index (χ3v) is 3.39. The standard InChI is InChI=1S/C16H22ClN5.HI/c1-3-18-16(19-9-8-14-11-21-22(2)12-14)20-10-13-4-6-15(17)7-5-13;/h4-7,11-12H,3,8-10H2,1-2H3,(H2,18,19,20);1H. The molecule has 5 nitrogen and oxygen atoms in total. The van der Waals surface area contributed by atoms with Crippen molar-refractivity contribution in [2.75, 3.05) is 13.1 Å². The van der Waals surface area contributed by atoms with E-state index < -0.39 is 0 Å². The van der Waals surface area contributed by atoms with E-state index in [9.17, 15) is 0 Å². The van der Waals surface area contributed by atoms with Gasteiger partial charge in [0.25, 0.3) is 0 Å². The van der Waals surface area contributed by atoms with E-state index in [2.05, 4.69) is 27.6 Å². The van der Waals surface area contributed by atoms with E-state index in [1.54, 1.807) is 0 Å². The molecule has 0 spiro atoms. The maximum absolute atomic E-state index is 5.89. The van der Waals surface area contributed by atoms with Crippen molar-refractivity contribution < 1.29 is 0 Å². The number of nitrogens with zero attached hydrogens (tertiary/aromatic N) is 3. The first-order chi connectivity index (χ1) is 10.7. The molecule has 1 aromatic heterocycles. The third-order valence-electron chi connectivity index (χ3n) is 3.14. The van der Waals surface area contributed by atoms with E-state index in [4.69, 9.17) is 11.6 Å². The minimum Gasteiger partial charge on any atom is -0.357 e. The van der Waals surface area contributed by atoms with Crippen molar-refractivity contribution in [2.45, 2.75) is 19.9 Å². The number of aliphatic imine (C=N–C) groups is 1. The molecule has 2 N–H and O–H groups in total. The molecule has 0 bridgehead atoms. The van der Waals surface area contributed by atoms with Gasteiger partial charge in [0.2, 0.25) is 0 Å². The number of aryl methyl sites for hydroxylation is 1. The van der Waals surface area contributed by atoms with Crippen LogP contribution >= 0.6 is 35.6 Å². The van der Waals surface area contributed by atoms with Gasteiger partial charge in [0.15, 0.2) is 5.96 Å². The molecule has 23 heavy (non-hydrogen) atoms. The Morgan fingerprint density at radius 1 is 1.22 bits per heavy atom. The van der Waals surface area contributed by atoms with Gasteiger partial charge in [-0.05, 0) is 36.6 Å². The average molecular weight is 448 g/mol. The predicted molar refractivity (Wildman–Crippen MR) is 107 cm³/mol. The highest BCUT2D eigenvalue weighted by Crippen LogP contribution is 2.10. The van der Waals surface area contributed by atoms with Crippen LogP contribution in [0, 0.1) is 0 Å². The van der Waals surface area contributed by atoms with Crippen molar-refractivity contribution in [3.05, 3.63) is 52.8 Å². The molecule has 0 atom stereocenters. The smallest absolute Gasteiger partial charge is 0.191 e. The Morgan fingerprint density at radius 3 is 2.57 bits per heavy atom. The molecule has 0 fully saturated rings. The van der Waals surface area contributed by atoms with Crippen molar-refractivity contribution in [1.29, 1.82) is 0 Å². The molecule has 2 aromatic rings. The van der Waals surface area contributed by atoms with Gasteiger partial charge in [-0.1, -0.05) is 23.7 Å². The average Bonchev–Trinajstić information content (AvgIpc) is 2.92. The first-order valence-corrected chi connectivity index (χ1v) is 7.79. The second-order valence-corrected chi connectivity index (χ2v) is 5.46. The maximum atomic E-state index is 5.89.